The molecule has 0 bridgehead atoms. The van der Waals surface area contributed by atoms with Gasteiger partial charge in [-0.05, 0) is 72.1 Å². The number of benzene rings is 6. The lowest BCUT2D eigenvalue weighted by Crippen LogP contribution is -2.06. The Bertz CT molecular complexity index is 2280. The minimum Gasteiger partial charge on any atom is -0.398 e. The maximum absolute atomic E-state index is 12.6. The summed E-state index contributed by atoms with van der Waals surface area (Å²) in [6.45, 7) is 3.82. The number of anilines is 1. The molecule has 6 aromatic rings. The maximum atomic E-state index is 12.6. The molecule has 0 spiro atoms. The van der Waals surface area contributed by atoms with Crippen LogP contribution in [0.15, 0.2) is 131 Å². The largest absolute Gasteiger partial charge is 0.398 e. The molecule has 6 rings (SSSR count). The number of hydrogen-bond donors (Lipinski definition) is 1. The molecular formula is C36H32N2O6S2. The molecule has 0 atom stereocenters. The van der Waals surface area contributed by atoms with Crippen molar-refractivity contribution in [1.82, 2.24) is 0 Å². The molecule has 0 radical (unpaired) electrons. The molecule has 0 aliphatic rings. The van der Waals surface area contributed by atoms with Crippen molar-refractivity contribution < 1.29 is 21.8 Å². The van der Waals surface area contributed by atoms with E-state index in [4.69, 9.17) is 5.73 Å². The number of nitrogen functional groups attached to an aromatic ring is 1. The second kappa shape index (κ2) is 13.1. The summed E-state index contributed by atoms with van der Waals surface area (Å²) in [5.74, 6) is -0.231. The van der Waals surface area contributed by atoms with Gasteiger partial charge >= 0.3 is 0 Å². The van der Waals surface area contributed by atoms with Gasteiger partial charge in [0.2, 0.25) is 0 Å². The second-order valence-electron chi connectivity index (χ2n) is 11.1. The average molecular weight is 653 g/mol. The Balaban J connectivity index is 0.000000182. The van der Waals surface area contributed by atoms with E-state index in [-0.39, 0.29) is 22.1 Å². The summed E-state index contributed by atoms with van der Waals surface area (Å²) in [5, 5.41) is 14.0. The topological polar surface area (TPSA) is 137 Å². The zero-order chi connectivity index (χ0) is 33.1. The van der Waals surface area contributed by atoms with Crippen LogP contribution in [-0.4, -0.2) is 21.8 Å². The van der Waals surface area contributed by atoms with E-state index in [0.29, 0.717) is 26.9 Å². The number of nitro benzene ring substituents is 1. The van der Waals surface area contributed by atoms with Crippen LogP contribution in [0, 0.1) is 24.0 Å². The average Bonchev–Trinajstić information content (AvgIpc) is 3.03. The Kier molecular flexibility index (Phi) is 9.22. The van der Waals surface area contributed by atoms with Gasteiger partial charge in [0.05, 0.1) is 31.6 Å². The van der Waals surface area contributed by atoms with Crippen LogP contribution in [0.1, 0.15) is 22.3 Å². The first-order valence-electron chi connectivity index (χ1n) is 14.4. The van der Waals surface area contributed by atoms with Crippen LogP contribution < -0.4 is 5.73 Å². The summed E-state index contributed by atoms with van der Waals surface area (Å²) in [6, 6.07) is 34.5. The van der Waals surface area contributed by atoms with Gasteiger partial charge in [-0.3, -0.25) is 10.1 Å². The van der Waals surface area contributed by atoms with Crippen molar-refractivity contribution in [1.29, 1.82) is 0 Å². The Hall–Kier alpha value is -5.06. The number of sulfone groups is 2. The molecule has 0 unspecified atom stereocenters. The molecule has 0 fully saturated rings. The molecule has 234 valence electrons. The standard InChI is InChI=1S/C18H15NO4S.C18H17NO2S/c1-13-6-9-15(10-7-13)24(22,23)12-14-8-11-18(19(20)21)17-5-3-2-4-16(14)17;1-13-6-9-15(10-7-13)22(20,21)12-14-8-11-18(19)17-5-3-2-4-16(14)17/h2-11H,12H2,1H3;2-11H,12,19H2,1H3. The summed E-state index contributed by atoms with van der Waals surface area (Å²) in [6.07, 6.45) is 0. The highest BCUT2D eigenvalue weighted by Gasteiger charge is 2.20. The predicted molar refractivity (Wildman–Crippen MR) is 183 cm³/mol. The first kappa shape index (κ1) is 32.3. The third-order valence-corrected chi connectivity index (χ3v) is 11.1. The van der Waals surface area contributed by atoms with Crippen molar-refractivity contribution in [2.24, 2.45) is 0 Å². The molecule has 8 nitrogen and oxygen atoms in total. The number of nitro groups is 1. The van der Waals surface area contributed by atoms with Gasteiger partial charge in [-0.25, -0.2) is 16.8 Å². The fourth-order valence-corrected chi connectivity index (χ4v) is 7.97. The molecule has 10 heteroatoms. The molecule has 46 heavy (non-hydrogen) atoms. The van der Waals surface area contributed by atoms with Gasteiger partial charge in [0.1, 0.15) is 0 Å². The van der Waals surface area contributed by atoms with E-state index in [1.807, 2.05) is 50.2 Å². The number of aryl methyl sites for hydroxylation is 2. The highest BCUT2D eigenvalue weighted by Crippen LogP contribution is 2.31. The second-order valence-corrected chi connectivity index (χ2v) is 15.0. The number of rotatable bonds is 7. The molecule has 0 heterocycles. The Morgan fingerprint density at radius 2 is 0.935 bits per heavy atom. The number of nitrogens with zero attached hydrogens (tertiary/aromatic N) is 1. The van der Waals surface area contributed by atoms with Crippen LogP contribution in [0.4, 0.5) is 11.4 Å². The molecular weight excluding hydrogens is 621 g/mol. The minimum atomic E-state index is -3.52. The summed E-state index contributed by atoms with van der Waals surface area (Å²) in [7, 11) is -6.90. The summed E-state index contributed by atoms with van der Waals surface area (Å²) in [4.78, 5) is 11.3. The Morgan fingerprint density at radius 1 is 0.543 bits per heavy atom. The van der Waals surface area contributed by atoms with Crippen LogP contribution in [0.3, 0.4) is 0 Å². The summed E-state index contributed by atoms with van der Waals surface area (Å²) in [5.41, 5.74) is 9.94. The van der Waals surface area contributed by atoms with Crippen molar-refractivity contribution >= 4 is 52.6 Å². The van der Waals surface area contributed by atoms with E-state index in [0.717, 1.165) is 27.5 Å². The summed E-state index contributed by atoms with van der Waals surface area (Å²) >= 11 is 0. The fraction of sp³-hybridized carbons (Fsp3) is 0.111. The van der Waals surface area contributed by atoms with Crippen molar-refractivity contribution in [3.8, 4) is 0 Å². The van der Waals surface area contributed by atoms with Gasteiger partial charge in [0.25, 0.3) is 5.69 Å². The molecule has 0 aliphatic heterocycles. The minimum absolute atomic E-state index is 0.0258. The van der Waals surface area contributed by atoms with E-state index in [1.165, 1.54) is 12.1 Å². The predicted octanol–water partition coefficient (Wildman–Crippen LogP) is 7.73. The Labute approximate surface area is 268 Å². The molecule has 0 aromatic heterocycles. The van der Waals surface area contributed by atoms with E-state index in [2.05, 4.69) is 0 Å². The van der Waals surface area contributed by atoms with E-state index in [1.54, 1.807) is 72.8 Å². The normalized spacial score (nSPS) is 11.6. The molecule has 0 aliphatic carbocycles. The zero-order valence-electron chi connectivity index (χ0n) is 25.3. The third-order valence-electron chi connectivity index (χ3n) is 7.69. The maximum Gasteiger partial charge on any atom is 0.277 e. The first-order valence-corrected chi connectivity index (χ1v) is 17.7. The van der Waals surface area contributed by atoms with Gasteiger partial charge in [0, 0.05) is 17.1 Å². The van der Waals surface area contributed by atoms with Gasteiger partial charge in [-0.2, -0.15) is 0 Å². The molecule has 6 aromatic carbocycles. The van der Waals surface area contributed by atoms with Crippen LogP contribution in [0.5, 0.6) is 0 Å². The van der Waals surface area contributed by atoms with Crippen molar-refractivity contribution in [2.45, 2.75) is 35.1 Å². The quantitative estimate of drug-likeness (QED) is 0.106. The number of nitrogens with two attached hydrogens (primary N) is 1. The first-order chi connectivity index (χ1) is 21.9. The highest BCUT2D eigenvalue weighted by atomic mass is 32.2. The van der Waals surface area contributed by atoms with Crippen LogP contribution >= 0.6 is 0 Å². The van der Waals surface area contributed by atoms with Crippen molar-refractivity contribution in [2.75, 3.05) is 5.73 Å². The molecule has 0 amide bonds. The number of fused-ring (bicyclic) bond motifs is 2. The van der Waals surface area contributed by atoms with E-state index in [9.17, 15) is 26.9 Å². The smallest absolute Gasteiger partial charge is 0.277 e. The molecule has 2 N–H and O–H groups in total. The fourth-order valence-electron chi connectivity index (χ4n) is 5.21. The lowest BCUT2D eigenvalue weighted by atomic mass is 10.0. The molecule has 0 saturated carbocycles. The summed E-state index contributed by atoms with van der Waals surface area (Å²) < 4.78 is 50.5. The van der Waals surface area contributed by atoms with E-state index < -0.39 is 24.6 Å². The SMILES string of the molecule is Cc1ccc(S(=O)(=O)Cc2ccc(N)c3ccccc23)cc1.Cc1ccc(S(=O)(=O)Cc2ccc([N+](=O)[O-])c3ccccc23)cc1. The van der Waals surface area contributed by atoms with Gasteiger partial charge in [-0.15, -0.1) is 0 Å². The number of hydrogen-bond acceptors (Lipinski definition) is 7. The van der Waals surface area contributed by atoms with Gasteiger partial charge in [-0.1, -0.05) is 90.0 Å². The van der Waals surface area contributed by atoms with Crippen LogP contribution in [-0.2, 0) is 31.2 Å². The lowest BCUT2D eigenvalue weighted by molar-refractivity contribution is -0.383. The van der Waals surface area contributed by atoms with Crippen molar-refractivity contribution in [3.63, 3.8) is 0 Å². The highest BCUT2D eigenvalue weighted by molar-refractivity contribution is 7.91. The Morgan fingerprint density at radius 3 is 1.39 bits per heavy atom. The zero-order valence-corrected chi connectivity index (χ0v) is 26.9. The van der Waals surface area contributed by atoms with Gasteiger partial charge < -0.3 is 5.73 Å². The van der Waals surface area contributed by atoms with E-state index >= 15 is 0 Å². The third kappa shape index (κ3) is 7.09. The lowest BCUT2D eigenvalue weighted by Gasteiger charge is -2.10. The van der Waals surface area contributed by atoms with Crippen molar-refractivity contribution in [3.05, 3.63) is 154 Å². The van der Waals surface area contributed by atoms with Gasteiger partial charge in [0.15, 0.2) is 19.7 Å². The molecule has 0 saturated heterocycles. The number of non-ortho nitro benzene ring substituents is 1. The van der Waals surface area contributed by atoms with Crippen LogP contribution in [0.2, 0.25) is 0 Å². The monoisotopic (exact) mass is 652 g/mol. The van der Waals surface area contributed by atoms with Crippen LogP contribution in [0.25, 0.3) is 21.5 Å².